The normalized spacial score (nSPS) is 12.6. The molecule has 0 radical (unpaired) electrons. The molecule has 0 aliphatic rings. The Morgan fingerprint density at radius 3 is 1.52 bits per heavy atom. The van der Waals surface area contributed by atoms with Gasteiger partial charge in [-0.3, -0.25) is 0 Å². The predicted molar refractivity (Wildman–Crippen MR) is 174 cm³/mol. The number of hydrogen-bond acceptors (Lipinski definition) is 0. The van der Waals surface area contributed by atoms with E-state index in [9.17, 15) is 0 Å². The molecular weight excluding hydrogens is 482 g/mol. The first-order valence-electron chi connectivity index (χ1n) is 14.6. The first kappa shape index (κ1) is 23.5. The molecule has 2 heterocycles. The van der Waals surface area contributed by atoms with Crippen molar-refractivity contribution in [2.24, 2.45) is 0 Å². The summed E-state index contributed by atoms with van der Waals surface area (Å²) >= 11 is 0. The zero-order valence-electron chi connectivity index (χ0n) is 23.8. The molecule has 2 aromatic heterocycles. The van der Waals surface area contributed by atoms with Crippen molar-refractivity contribution >= 4 is 59.6 Å². The number of rotatable bonds is 3. The van der Waals surface area contributed by atoms with Crippen LogP contribution in [0.1, 0.15) is 56.2 Å². The van der Waals surface area contributed by atoms with Gasteiger partial charge in [0, 0.05) is 21.5 Å². The number of fused-ring (bicyclic) bond motifs is 8. The summed E-state index contributed by atoms with van der Waals surface area (Å²) in [7, 11) is 0. The molecule has 6 aromatic carbocycles. The summed E-state index contributed by atoms with van der Waals surface area (Å²) in [6, 6.07) is 37.3. The molecule has 40 heavy (non-hydrogen) atoms. The summed E-state index contributed by atoms with van der Waals surface area (Å²) in [5, 5.41) is 10.6. The molecule has 194 valence electrons. The summed E-state index contributed by atoms with van der Waals surface area (Å²) in [6.45, 7) is 11.3. The van der Waals surface area contributed by atoms with Crippen LogP contribution in [0.3, 0.4) is 0 Å². The van der Waals surface area contributed by atoms with Gasteiger partial charge < -0.3 is 4.40 Å². The van der Waals surface area contributed by atoms with Gasteiger partial charge in [0.05, 0.1) is 16.6 Å². The molecule has 0 unspecified atom stereocenters. The number of aromatic nitrogens is 1. The lowest BCUT2D eigenvalue weighted by atomic mass is 9.94. The van der Waals surface area contributed by atoms with Crippen LogP contribution in [-0.2, 0) is 0 Å². The highest BCUT2D eigenvalue weighted by atomic mass is 14.9. The number of aryl methyl sites for hydroxylation is 1. The third-order valence-corrected chi connectivity index (χ3v) is 9.14. The minimum Gasteiger partial charge on any atom is -0.308 e. The summed E-state index contributed by atoms with van der Waals surface area (Å²) in [5.41, 5.74) is 10.6. The van der Waals surface area contributed by atoms with Crippen LogP contribution in [0.2, 0.25) is 0 Å². The van der Waals surface area contributed by atoms with E-state index in [1.807, 2.05) is 0 Å². The SMILES string of the molecule is Cc1ccccc1-c1cc2c3cc4cc(C(C)C)ccc4cc3n3c4cc5ccc(C(C)C)cc5cc4c(c1)c23. The van der Waals surface area contributed by atoms with Crippen LogP contribution in [0.25, 0.3) is 70.8 Å². The quantitative estimate of drug-likeness (QED) is 0.220. The van der Waals surface area contributed by atoms with Gasteiger partial charge in [-0.15, -0.1) is 0 Å². The van der Waals surface area contributed by atoms with Gasteiger partial charge in [-0.2, -0.15) is 0 Å². The van der Waals surface area contributed by atoms with E-state index in [0.29, 0.717) is 11.8 Å². The van der Waals surface area contributed by atoms with Gasteiger partial charge in [-0.05, 0) is 105 Å². The van der Waals surface area contributed by atoms with Crippen molar-refractivity contribution in [2.75, 3.05) is 0 Å². The van der Waals surface area contributed by atoms with Crippen molar-refractivity contribution in [1.29, 1.82) is 0 Å². The lowest BCUT2D eigenvalue weighted by Crippen LogP contribution is -1.88. The second-order valence-corrected chi connectivity index (χ2v) is 12.3. The van der Waals surface area contributed by atoms with Crippen molar-refractivity contribution in [3.63, 3.8) is 0 Å². The fourth-order valence-corrected chi connectivity index (χ4v) is 6.84. The lowest BCUT2D eigenvalue weighted by molar-refractivity contribution is 0.869. The van der Waals surface area contributed by atoms with Gasteiger partial charge in [0.25, 0.3) is 0 Å². The predicted octanol–water partition coefficient (Wildman–Crippen LogP) is 11.4. The molecule has 0 N–H and O–H groups in total. The molecule has 0 saturated carbocycles. The van der Waals surface area contributed by atoms with Gasteiger partial charge in [-0.25, -0.2) is 0 Å². The van der Waals surface area contributed by atoms with Crippen LogP contribution in [0.15, 0.2) is 97.1 Å². The fourth-order valence-electron chi connectivity index (χ4n) is 6.84. The molecule has 1 nitrogen and oxygen atoms in total. The summed E-state index contributed by atoms with van der Waals surface area (Å²) < 4.78 is 2.53. The van der Waals surface area contributed by atoms with Crippen LogP contribution < -0.4 is 0 Å². The highest BCUT2D eigenvalue weighted by molar-refractivity contribution is 6.27. The molecule has 0 atom stereocenters. The Morgan fingerprint density at radius 1 is 0.500 bits per heavy atom. The number of nitrogens with zero attached hydrogens (tertiary/aromatic N) is 1. The monoisotopic (exact) mass is 515 g/mol. The van der Waals surface area contributed by atoms with E-state index < -0.39 is 0 Å². The minimum atomic E-state index is 0.510. The van der Waals surface area contributed by atoms with E-state index in [4.69, 9.17) is 0 Å². The number of benzene rings is 6. The van der Waals surface area contributed by atoms with Gasteiger partial charge >= 0.3 is 0 Å². The Kier molecular flexibility index (Phi) is 4.89. The van der Waals surface area contributed by atoms with Gasteiger partial charge in [-0.1, -0.05) is 88.4 Å². The second kappa shape index (κ2) is 8.32. The second-order valence-electron chi connectivity index (χ2n) is 12.3. The van der Waals surface area contributed by atoms with Crippen LogP contribution in [0.5, 0.6) is 0 Å². The molecule has 8 rings (SSSR count). The van der Waals surface area contributed by atoms with Gasteiger partial charge in [0.15, 0.2) is 0 Å². The van der Waals surface area contributed by atoms with E-state index in [0.717, 1.165) is 0 Å². The van der Waals surface area contributed by atoms with E-state index in [1.54, 1.807) is 0 Å². The van der Waals surface area contributed by atoms with Gasteiger partial charge in [0.2, 0.25) is 0 Å². The molecule has 0 aliphatic carbocycles. The number of hydrogen-bond donors (Lipinski definition) is 0. The highest BCUT2D eigenvalue weighted by Gasteiger charge is 2.20. The third kappa shape index (κ3) is 3.27. The Bertz CT molecular complexity index is 2140. The maximum Gasteiger partial charge on any atom is 0.0620 e. The van der Waals surface area contributed by atoms with E-state index in [1.165, 1.54) is 87.5 Å². The lowest BCUT2D eigenvalue weighted by Gasteiger charge is -2.10. The Labute approximate surface area is 235 Å². The maximum atomic E-state index is 2.53. The topological polar surface area (TPSA) is 4.41 Å². The van der Waals surface area contributed by atoms with Crippen LogP contribution >= 0.6 is 0 Å². The van der Waals surface area contributed by atoms with E-state index in [2.05, 4.69) is 136 Å². The zero-order chi connectivity index (χ0) is 27.3. The third-order valence-electron chi connectivity index (χ3n) is 9.14. The molecule has 0 bridgehead atoms. The minimum absolute atomic E-state index is 0.510. The van der Waals surface area contributed by atoms with Crippen LogP contribution in [0, 0.1) is 6.92 Å². The summed E-state index contributed by atoms with van der Waals surface area (Å²) in [5.74, 6) is 1.02. The molecule has 1 heteroatoms. The molecular formula is C39H33N. The highest BCUT2D eigenvalue weighted by Crippen LogP contribution is 2.44. The standard InChI is InChI=1S/C39H33N/c1-22(2)25-10-12-27-20-37-33(16-29(27)14-25)35-18-31(32-9-7-6-8-24(32)5)19-36-34-17-30-15-26(23(3)4)11-13-28(30)21-38(34)40(37)39(35)36/h6-23H,1-5H3. The van der Waals surface area contributed by atoms with Crippen LogP contribution in [-0.4, -0.2) is 4.40 Å². The molecule has 0 saturated heterocycles. The zero-order valence-corrected chi connectivity index (χ0v) is 23.8. The smallest absolute Gasteiger partial charge is 0.0620 e. The average Bonchev–Trinajstić information content (AvgIpc) is 3.44. The molecule has 0 fully saturated rings. The average molecular weight is 516 g/mol. The van der Waals surface area contributed by atoms with E-state index >= 15 is 0 Å². The maximum absolute atomic E-state index is 2.53. The molecule has 0 spiro atoms. The van der Waals surface area contributed by atoms with Crippen molar-refractivity contribution in [1.82, 2.24) is 4.40 Å². The molecule has 8 aromatic rings. The Morgan fingerprint density at radius 2 is 1.02 bits per heavy atom. The molecule has 0 aliphatic heterocycles. The Hall–Kier alpha value is -4.36. The van der Waals surface area contributed by atoms with Crippen molar-refractivity contribution in [3.8, 4) is 11.1 Å². The van der Waals surface area contributed by atoms with Crippen molar-refractivity contribution in [2.45, 2.75) is 46.5 Å². The van der Waals surface area contributed by atoms with Crippen molar-refractivity contribution in [3.05, 3.63) is 114 Å². The first-order valence-corrected chi connectivity index (χ1v) is 14.6. The largest absolute Gasteiger partial charge is 0.308 e. The first-order chi connectivity index (χ1) is 19.4. The Balaban J connectivity index is 1.56. The molecule has 0 amide bonds. The summed E-state index contributed by atoms with van der Waals surface area (Å²) in [6.07, 6.45) is 0. The van der Waals surface area contributed by atoms with Crippen molar-refractivity contribution < 1.29 is 0 Å². The van der Waals surface area contributed by atoms with E-state index in [-0.39, 0.29) is 0 Å². The van der Waals surface area contributed by atoms with Crippen LogP contribution in [0.4, 0.5) is 0 Å². The fraction of sp³-hybridized carbons (Fsp3) is 0.179. The van der Waals surface area contributed by atoms with Gasteiger partial charge in [0.1, 0.15) is 0 Å². The summed E-state index contributed by atoms with van der Waals surface area (Å²) in [4.78, 5) is 0.